The summed E-state index contributed by atoms with van der Waals surface area (Å²) in [6, 6.07) is 0. The number of hydrogen-bond donors (Lipinski definition) is 1. The molecule has 2 rings (SSSR count). The highest BCUT2D eigenvalue weighted by Crippen LogP contribution is 2.54. The van der Waals surface area contributed by atoms with E-state index in [2.05, 4.69) is 13.8 Å². The summed E-state index contributed by atoms with van der Waals surface area (Å²) in [4.78, 5) is 11.9. The lowest BCUT2D eigenvalue weighted by molar-refractivity contribution is -0.155. The predicted octanol–water partition coefficient (Wildman–Crippen LogP) is 4.48. The Kier molecular flexibility index (Phi) is 4.34. The van der Waals surface area contributed by atoms with Crippen molar-refractivity contribution in [3.63, 3.8) is 0 Å². The van der Waals surface area contributed by atoms with Crippen LogP contribution < -0.4 is 0 Å². The van der Waals surface area contributed by atoms with Gasteiger partial charge < -0.3 is 5.11 Å². The molecule has 2 saturated carbocycles. The molecule has 0 aromatic heterocycles. The van der Waals surface area contributed by atoms with E-state index in [1.807, 2.05) is 0 Å². The van der Waals surface area contributed by atoms with Gasteiger partial charge in [-0.1, -0.05) is 46.0 Å². The maximum Gasteiger partial charge on any atom is 0.309 e. The van der Waals surface area contributed by atoms with Crippen LogP contribution in [0.4, 0.5) is 0 Å². The van der Waals surface area contributed by atoms with Gasteiger partial charge >= 0.3 is 5.97 Å². The quantitative estimate of drug-likeness (QED) is 0.800. The summed E-state index contributed by atoms with van der Waals surface area (Å²) in [6.45, 7) is 4.45. The van der Waals surface area contributed by atoms with Gasteiger partial charge in [0.2, 0.25) is 0 Å². The SMILES string of the molecule is CCC1CCC(C(=O)O)(C2CCCCC2CC)C1. The van der Waals surface area contributed by atoms with Crippen LogP contribution in [0, 0.1) is 23.2 Å². The normalized spacial score (nSPS) is 40.9. The van der Waals surface area contributed by atoms with Crippen molar-refractivity contribution >= 4 is 5.97 Å². The summed E-state index contributed by atoms with van der Waals surface area (Å²) in [5, 5.41) is 9.84. The smallest absolute Gasteiger partial charge is 0.309 e. The van der Waals surface area contributed by atoms with E-state index in [1.54, 1.807) is 0 Å². The molecule has 0 radical (unpaired) electrons. The van der Waals surface area contributed by atoms with Gasteiger partial charge in [0, 0.05) is 0 Å². The average Bonchev–Trinajstić information content (AvgIpc) is 2.84. The minimum Gasteiger partial charge on any atom is -0.481 e. The summed E-state index contributed by atoms with van der Waals surface area (Å²) in [5.74, 6) is 1.26. The van der Waals surface area contributed by atoms with Crippen molar-refractivity contribution in [1.29, 1.82) is 0 Å². The van der Waals surface area contributed by atoms with Crippen molar-refractivity contribution in [2.24, 2.45) is 23.2 Å². The third kappa shape index (κ3) is 2.31. The van der Waals surface area contributed by atoms with Gasteiger partial charge in [-0.15, -0.1) is 0 Å². The molecule has 0 aromatic carbocycles. The maximum atomic E-state index is 11.9. The van der Waals surface area contributed by atoms with E-state index in [-0.39, 0.29) is 5.41 Å². The molecule has 0 saturated heterocycles. The Morgan fingerprint density at radius 1 is 1.17 bits per heavy atom. The van der Waals surface area contributed by atoms with Crippen LogP contribution in [0.1, 0.15) is 71.6 Å². The predicted molar refractivity (Wildman–Crippen MR) is 73.4 cm³/mol. The number of hydrogen-bond acceptors (Lipinski definition) is 1. The molecule has 2 heteroatoms. The third-order valence-corrected chi connectivity index (χ3v) is 5.80. The molecule has 0 spiro atoms. The topological polar surface area (TPSA) is 37.3 Å². The van der Waals surface area contributed by atoms with Crippen LogP contribution in [0.2, 0.25) is 0 Å². The molecule has 18 heavy (non-hydrogen) atoms. The fourth-order valence-electron chi connectivity index (χ4n) is 4.64. The van der Waals surface area contributed by atoms with Crippen LogP contribution in [0.5, 0.6) is 0 Å². The Morgan fingerprint density at radius 3 is 2.44 bits per heavy atom. The zero-order valence-electron chi connectivity index (χ0n) is 12.0. The Hall–Kier alpha value is -0.530. The highest BCUT2D eigenvalue weighted by Gasteiger charge is 2.52. The van der Waals surface area contributed by atoms with Crippen LogP contribution >= 0.6 is 0 Å². The van der Waals surface area contributed by atoms with Gasteiger partial charge in [-0.2, -0.15) is 0 Å². The number of carboxylic acid groups (broad SMARTS) is 1. The molecule has 104 valence electrons. The van der Waals surface area contributed by atoms with E-state index < -0.39 is 5.97 Å². The molecule has 2 aliphatic carbocycles. The lowest BCUT2D eigenvalue weighted by Crippen LogP contribution is -2.41. The van der Waals surface area contributed by atoms with Crippen molar-refractivity contribution in [1.82, 2.24) is 0 Å². The van der Waals surface area contributed by atoms with Gasteiger partial charge in [-0.3, -0.25) is 4.79 Å². The van der Waals surface area contributed by atoms with Crippen LogP contribution in [-0.2, 0) is 4.79 Å². The van der Waals surface area contributed by atoms with Crippen molar-refractivity contribution in [2.45, 2.75) is 71.6 Å². The molecule has 4 atom stereocenters. The fraction of sp³-hybridized carbons (Fsp3) is 0.938. The summed E-state index contributed by atoms with van der Waals surface area (Å²) in [6.07, 6.45) is 10.3. The Morgan fingerprint density at radius 2 is 1.89 bits per heavy atom. The highest BCUT2D eigenvalue weighted by atomic mass is 16.4. The molecule has 2 fully saturated rings. The van der Waals surface area contributed by atoms with Gasteiger partial charge in [-0.05, 0) is 43.4 Å². The Balaban J connectivity index is 2.21. The standard InChI is InChI=1S/C16H28O2/c1-3-12-9-10-16(11-12,15(17)18)14-8-6-5-7-13(14)4-2/h12-14H,3-11H2,1-2H3,(H,17,18). The highest BCUT2D eigenvalue weighted by molar-refractivity contribution is 5.75. The number of carboxylic acids is 1. The first-order valence-corrected chi connectivity index (χ1v) is 7.87. The number of aliphatic carboxylic acids is 1. The molecule has 0 aromatic rings. The van der Waals surface area contributed by atoms with Crippen LogP contribution in [0.3, 0.4) is 0 Å². The largest absolute Gasteiger partial charge is 0.481 e. The summed E-state index contributed by atoms with van der Waals surface area (Å²) >= 11 is 0. The van der Waals surface area contributed by atoms with Gasteiger partial charge in [0.25, 0.3) is 0 Å². The minimum absolute atomic E-state index is 0.373. The first kappa shape index (κ1) is 13.9. The first-order valence-electron chi connectivity index (χ1n) is 7.87. The van der Waals surface area contributed by atoms with E-state index in [0.717, 1.165) is 38.5 Å². The van der Waals surface area contributed by atoms with Crippen molar-refractivity contribution in [3.8, 4) is 0 Å². The molecular weight excluding hydrogens is 224 g/mol. The van der Waals surface area contributed by atoms with Crippen molar-refractivity contribution in [3.05, 3.63) is 0 Å². The molecule has 2 nitrogen and oxygen atoms in total. The fourth-order valence-corrected chi connectivity index (χ4v) is 4.64. The van der Waals surface area contributed by atoms with Crippen LogP contribution in [0.25, 0.3) is 0 Å². The summed E-state index contributed by atoms with van der Waals surface area (Å²) < 4.78 is 0. The molecule has 0 amide bonds. The Bertz CT molecular complexity index is 299. The molecular formula is C16H28O2. The summed E-state index contributed by atoms with van der Waals surface area (Å²) in [5.41, 5.74) is -0.373. The maximum absolute atomic E-state index is 11.9. The van der Waals surface area contributed by atoms with Gasteiger partial charge in [0.05, 0.1) is 5.41 Å². The Labute approximate surface area is 111 Å². The van der Waals surface area contributed by atoms with Gasteiger partial charge in [0.1, 0.15) is 0 Å². The first-order chi connectivity index (χ1) is 8.64. The molecule has 0 heterocycles. The zero-order valence-corrected chi connectivity index (χ0v) is 12.0. The molecule has 0 aliphatic heterocycles. The second-order valence-corrected chi connectivity index (χ2v) is 6.54. The van der Waals surface area contributed by atoms with Gasteiger partial charge in [0.15, 0.2) is 0 Å². The van der Waals surface area contributed by atoms with E-state index in [9.17, 15) is 9.90 Å². The van der Waals surface area contributed by atoms with E-state index in [0.29, 0.717) is 17.8 Å². The number of carbonyl (C=O) groups is 1. The van der Waals surface area contributed by atoms with Gasteiger partial charge in [-0.25, -0.2) is 0 Å². The van der Waals surface area contributed by atoms with E-state index in [4.69, 9.17) is 0 Å². The van der Waals surface area contributed by atoms with E-state index >= 15 is 0 Å². The van der Waals surface area contributed by atoms with Crippen LogP contribution in [-0.4, -0.2) is 11.1 Å². The average molecular weight is 252 g/mol. The summed E-state index contributed by atoms with van der Waals surface area (Å²) in [7, 11) is 0. The van der Waals surface area contributed by atoms with Crippen molar-refractivity contribution < 1.29 is 9.90 Å². The third-order valence-electron chi connectivity index (χ3n) is 5.80. The molecule has 0 bridgehead atoms. The van der Waals surface area contributed by atoms with Crippen molar-refractivity contribution in [2.75, 3.05) is 0 Å². The molecule has 4 unspecified atom stereocenters. The second kappa shape index (κ2) is 5.63. The lowest BCUT2D eigenvalue weighted by Gasteiger charge is -2.42. The van der Waals surface area contributed by atoms with Crippen LogP contribution in [0.15, 0.2) is 0 Å². The monoisotopic (exact) mass is 252 g/mol. The molecule has 2 aliphatic rings. The van der Waals surface area contributed by atoms with E-state index in [1.165, 1.54) is 19.3 Å². The number of rotatable bonds is 4. The zero-order chi connectivity index (χ0) is 13.2. The lowest BCUT2D eigenvalue weighted by atomic mass is 9.62. The second-order valence-electron chi connectivity index (χ2n) is 6.54. The molecule has 1 N–H and O–H groups in total. The minimum atomic E-state index is -0.496.